The first-order chi connectivity index (χ1) is 8.66. The second-order valence-corrected chi connectivity index (χ2v) is 4.44. The Labute approximate surface area is 105 Å². The number of hydrogen-bond donors (Lipinski definition) is 2. The molecule has 0 bridgehead atoms. The fraction of sp³-hybridized carbons (Fsp3) is 0.462. The molecule has 3 N–H and O–H groups in total. The second kappa shape index (κ2) is 5.93. The molecule has 0 spiro atoms. The minimum atomic E-state index is -0.546. The van der Waals surface area contributed by atoms with Crippen LogP contribution >= 0.6 is 0 Å². The highest BCUT2D eigenvalue weighted by Gasteiger charge is 2.15. The third-order valence-electron chi connectivity index (χ3n) is 3.04. The lowest BCUT2D eigenvalue weighted by atomic mass is 10.1. The number of nitrogens with one attached hydrogen (secondary N) is 1. The summed E-state index contributed by atoms with van der Waals surface area (Å²) in [4.78, 5) is 11.0. The van der Waals surface area contributed by atoms with E-state index in [1.807, 2.05) is 0 Å². The van der Waals surface area contributed by atoms with E-state index in [2.05, 4.69) is 5.32 Å². The van der Waals surface area contributed by atoms with Crippen molar-refractivity contribution in [2.75, 3.05) is 13.2 Å². The molecule has 0 radical (unpaired) electrons. The summed E-state index contributed by atoms with van der Waals surface area (Å²) in [5, 5.41) is 3.13. The summed E-state index contributed by atoms with van der Waals surface area (Å²) in [5.74, 6) is -0.879. The van der Waals surface area contributed by atoms with Gasteiger partial charge in [0.15, 0.2) is 0 Å². The smallest absolute Gasteiger partial charge is 0.248 e. The Morgan fingerprint density at radius 2 is 2.39 bits per heavy atom. The molecular formula is C13H17FN2O2. The van der Waals surface area contributed by atoms with Gasteiger partial charge in [0.2, 0.25) is 5.91 Å². The average Bonchev–Trinajstić information content (AvgIpc) is 2.84. The number of nitrogens with two attached hydrogens (primary N) is 1. The molecule has 2 rings (SSSR count). The topological polar surface area (TPSA) is 64.4 Å². The van der Waals surface area contributed by atoms with Gasteiger partial charge in [0, 0.05) is 30.8 Å². The summed E-state index contributed by atoms with van der Waals surface area (Å²) in [6.45, 7) is 1.87. The van der Waals surface area contributed by atoms with Gasteiger partial charge in [0.05, 0.1) is 6.10 Å². The van der Waals surface area contributed by atoms with Gasteiger partial charge >= 0.3 is 0 Å². The summed E-state index contributed by atoms with van der Waals surface area (Å²) in [7, 11) is 0. The molecule has 1 aromatic rings. The molecule has 4 nitrogen and oxygen atoms in total. The number of benzene rings is 1. The van der Waals surface area contributed by atoms with Crippen LogP contribution in [0.4, 0.5) is 4.39 Å². The van der Waals surface area contributed by atoms with Gasteiger partial charge in [-0.3, -0.25) is 4.79 Å². The van der Waals surface area contributed by atoms with Crippen molar-refractivity contribution in [3.63, 3.8) is 0 Å². The number of halogens is 1. The summed E-state index contributed by atoms with van der Waals surface area (Å²) in [5.41, 5.74) is 5.93. The SMILES string of the molecule is NC(=O)c1ccc(F)c(CNCC2CCCO2)c1. The van der Waals surface area contributed by atoms with E-state index in [0.29, 0.717) is 24.2 Å². The molecule has 1 aromatic carbocycles. The summed E-state index contributed by atoms with van der Waals surface area (Å²) >= 11 is 0. The predicted octanol–water partition coefficient (Wildman–Crippen LogP) is 1.19. The van der Waals surface area contributed by atoms with Gasteiger partial charge < -0.3 is 15.8 Å². The Morgan fingerprint density at radius 3 is 3.06 bits per heavy atom. The van der Waals surface area contributed by atoms with E-state index >= 15 is 0 Å². The van der Waals surface area contributed by atoms with Gasteiger partial charge in [-0.2, -0.15) is 0 Å². The molecule has 1 atom stereocenters. The molecule has 0 aliphatic carbocycles. The summed E-state index contributed by atoms with van der Waals surface area (Å²) < 4.78 is 19.0. The molecule has 1 amide bonds. The van der Waals surface area contributed by atoms with Crippen molar-refractivity contribution < 1.29 is 13.9 Å². The third kappa shape index (κ3) is 3.27. The Bertz CT molecular complexity index is 431. The molecule has 18 heavy (non-hydrogen) atoms. The van der Waals surface area contributed by atoms with E-state index < -0.39 is 5.91 Å². The van der Waals surface area contributed by atoms with Crippen LogP contribution < -0.4 is 11.1 Å². The van der Waals surface area contributed by atoms with Crippen molar-refractivity contribution in [2.24, 2.45) is 5.73 Å². The fourth-order valence-electron chi connectivity index (χ4n) is 2.04. The van der Waals surface area contributed by atoms with Gasteiger partial charge in [0.1, 0.15) is 5.82 Å². The molecule has 0 saturated carbocycles. The molecule has 1 unspecified atom stereocenters. The number of carbonyl (C=O) groups excluding carboxylic acids is 1. The van der Waals surface area contributed by atoms with Gasteiger partial charge in [0.25, 0.3) is 0 Å². The molecule has 1 fully saturated rings. The maximum atomic E-state index is 13.5. The zero-order valence-electron chi connectivity index (χ0n) is 10.1. The second-order valence-electron chi connectivity index (χ2n) is 4.44. The standard InChI is InChI=1S/C13H17FN2O2/c14-12-4-3-9(13(15)17)6-10(12)7-16-8-11-2-1-5-18-11/h3-4,6,11,16H,1-2,5,7-8H2,(H2,15,17). The van der Waals surface area contributed by atoms with Crippen LogP contribution in [0.15, 0.2) is 18.2 Å². The highest BCUT2D eigenvalue weighted by molar-refractivity contribution is 5.92. The maximum absolute atomic E-state index is 13.5. The van der Waals surface area contributed by atoms with E-state index in [0.717, 1.165) is 19.4 Å². The largest absolute Gasteiger partial charge is 0.377 e. The van der Waals surface area contributed by atoms with Crippen LogP contribution in [0.3, 0.4) is 0 Å². The molecule has 1 aliphatic rings. The number of ether oxygens (including phenoxy) is 1. The molecular weight excluding hydrogens is 235 g/mol. The Kier molecular flexibility index (Phi) is 4.28. The van der Waals surface area contributed by atoms with Crippen molar-refractivity contribution >= 4 is 5.91 Å². The van der Waals surface area contributed by atoms with Crippen LogP contribution in [0.1, 0.15) is 28.8 Å². The van der Waals surface area contributed by atoms with Gasteiger partial charge in [-0.15, -0.1) is 0 Å². The Hall–Kier alpha value is -1.46. The van der Waals surface area contributed by atoms with Crippen molar-refractivity contribution in [2.45, 2.75) is 25.5 Å². The summed E-state index contributed by atoms with van der Waals surface area (Å²) in [6.07, 6.45) is 2.33. The van der Waals surface area contributed by atoms with E-state index in [-0.39, 0.29) is 11.9 Å². The van der Waals surface area contributed by atoms with Crippen molar-refractivity contribution in [3.8, 4) is 0 Å². The van der Waals surface area contributed by atoms with Crippen LogP contribution in [0.5, 0.6) is 0 Å². The van der Waals surface area contributed by atoms with Crippen LogP contribution in [0.2, 0.25) is 0 Å². The quantitative estimate of drug-likeness (QED) is 0.827. The van der Waals surface area contributed by atoms with E-state index in [4.69, 9.17) is 10.5 Å². The van der Waals surface area contributed by atoms with E-state index in [1.54, 1.807) is 0 Å². The Balaban J connectivity index is 1.91. The van der Waals surface area contributed by atoms with E-state index in [1.165, 1.54) is 18.2 Å². The molecule has 98 valence electrons. The maximum Gasteiger partial charge on any atom is 0.248 e. The lowest BCUT2D eigenvalue weighted by Gasteiger charge is -2.11. The monoisotopic (exact) mass is 252 g/mol. The average molecular weight is 252 g/mol. The van der Waals surface area contributed by atoms with Crippen molar-refractivity contribution in [3.05, 3.63) is 35.1 Å². The van der Waals surface area contributed by atoms with Crippen LogP contribution in [0.25, 0.3) is 0 Å². The third-order valence-corrected chi connectivity index (χ3v) is 3.04. The minimum Gasteiger partial charge on any atom is -0.377 e. The van der Waals surface area contributed by atoms with Gasteiger partial charge in [-0.05, 0) is 31.0 Å². The summed E-state index contributed by atoms with van der Waals surface area (Å²) in [6, 6.07) is 4.14. The van der Waals surface area contributed by atoms with Crippen LogP contribution in [-0.2, 0) is 11.3 Å². The molecule has 5 heteroatoms. The normalized spacial score (nSPS) is 19.1. The highest BCUT2D eigenvalue weighted by Crippen LogP contribution is 2.12. The van der Waals surface area contributed by atoms with Crippen LogP contribution in [0, 0.1) is 5.82 Å². The molecule has 1 saturated heterocycles. The zero-order chi connectivity index (χ0) is 13.0. The number of primary amides is 1. The lowest BCUT2D eigenvalue weighted by Crippen LogP contribution is -2.26. The first-order valence-corrected chi connectivity index (χ1v) is 6.07. The van der Waals surface area contributed by atoms with E-state index in [9.17, 15) is 9.18 Å². The van der Waals surface area contributed by atoms with Crippen molar-refractivity contribution in [1.82, 2.24) is 5.32 Å². The Morgan fingerprint density at radius 1 is 1.56 bits per heavy atom. The number of amides is 1. The lowest BCUT2D eigenvalue weighted by molar-refractivity contribution is 0.0999. The van der Waals surface area contributed by atoms with Crippen LogP contribution in [-0.4, -0.2) is 25.2 Å². The highest BCUT2D eigenvalue weighted by atomic mass is 19.1. The number of rotatable bonds is 5. The predicted molar refractivity (Wildman–Crippen MR) is 65.6 cm³/mol. The minimum absolute atomic E-state index is 0.215. The molecule has 1 heterocycles. The molecule has 0 aromatic heterocycles. The first-order valence-electron chi connectivity index (χ1n) is 6.07. The molecule has 1 aliphatic heterocycles. The fourth-order valence-corrected chi connectivity index (χ4v) is 2.04. The van der Waals surface area contributed by atoms with Gasteiger partial charge in [-0.1, -0.05) is 0 Å². The number of hydrogen-bond acceptors (Lipinski definition) is 3. The number of carbonyl (C=O) groups is 1. The zero-order valence-corrected chi connectivity index (χ0v) is 10.1. The first kappa shape index (κ1) is 13.0. The van der Waals surface area contributed by atoms with Gasteiger partial charge in [-0.25, -0.2) is 4.39 Å². The van der Waals surface area contributed by atoms with Crippen molar-refractivity contribution in [1.29, 1.82) is 0 Å².